The number of hydrogen-bond acceptors (Lipinski definition) is 5. The van der Waals surface area contributed by atoms with Crippen molar-refractivity contribution in [2.45, 2.75) is 26.1 Å². The largest absolute Gasteiger partial charge is 0.366 e. The monoisotopic (exact) mass is 345 g/mol. The summed E-state index contributed by atoms with van der Waals surface area (Å²) in [6.07, 6.45) is -0.172. The number of hydrogen-bond donors (Lipinski definition) is 1. The van der Waals surface area contributed by atoms with Crippen LogP contribution in [0.3, 0.4) is 0 Å². The molecule has 2 unspecified atom stereocenters. The average Bonchev–Trinajstić information content (AvgIpc) is 2.67. The maximum Gasteiger partial charge on any atom is 0.0991 e. The number of rotatable bonds is 3. The van der Waals surface area contributed by atoms with Crippen molar-refractivity contribution < 1.29 is 0 Å². The van der Waals surface area contributed by atoms with Crippen LogP contribution in [0, 0.1) is 29.6 Å². The van der Waals surface area contributed by atoms with Gasteiger partial charge in [-0.15, -0.1) is 0 Å². The number of nitrogens with zero attached hydrogens (tertiary/aromatic N) is 4. The lowest BCUT2D eigenvalue weighted by Gasteiger charge is -2.44. The second-order valence-electron chi connectivity index (χ2n) is 6.83. The van der Waals surface area contributed by atoms with Gasteiger partial charge in [-0.2, -0.15) is 10.5 Å². The van der Waals surface area contributed by atoms with Crippen molar-refractivity contribution in [2.75, 3.05) is 24.5 Å². The van der Waals surface area contributed by atoms with E-state index in [4.69, 9.17) is 16.3 Å². The van der Waals surface area contributed by atoms with Crippen LogP contribution >= 0.6 is 0 Å². The summed E-state index contributed by atoms with van der Waals surface area (Å²) in [5.41, 5.74) is 11.1. The molecule has 1 heterocycles. The van der Waals surface area contributed by atoms with E-state index in [0.29, 0.717) is 17.2 Å². The molecule has 132 valence electrons. The van der Waals surface area contributed by atoms with Crippen LogP contribution in [0.5, 0.6) is 0 Å². The maximum absolute atomic E-state index is 9.05. The summed E-state index contributed by atoms with van der Waals surface area (Å²) >= 11 is 0. The lowest BCUT2D eigenvalue weighted by Crippen LogP contribution is -2.54. The van der Waals surface area contributed by atoms with Gasteiger partial charge < -0.3 is 10.6 Å². The second-order valence-corrected chi connectivity index (χ2v) is 6.83. The third-order valence-electron chi connectivity index (χ3n) is 5.07. The zero-order valence-corrected chi connectivity index (χ0v) is 15.2. The van der Waals surface area contributed by atoms with Crippen molar-refractivity contribution in [1.82, 2.24) is 4.90 Å². The average molecular weight is 345 g/mol. The van der Waals surface area contributed by atoms with E-state index in [1.54, 1.807) is 0 Å². The van der Waals surface area contributed by atoms with Crippen LogP contribution in [0.4, 0.5) is 5.69 Å². The molecule has 0 amide bonds. The Morgan fingerprint density at radius 1 is 1.04 bits per heavy atom. The summed E-state index contributed by atoms with van der Waals surface area (Å²) < 4.78 is 0. The zero-order valence-electron chi connectivity index (χ0n) is 15.2. The molecule has 2 aromatic carbocycles. The number of aryl methyl sites for hydroxylation is 1. The Kier molecular flexibility index (Phi) is 5.23. The first kappa shape index (κ1) is 17.9. The predicted octanol–water partition coefficient (Wildman–Crippen LogP) is 2.91. The Labute approximate surface area is 154 Å². The molecule has 2 atom stereocenters. The molecule has 3 rings (SSSR count). The molecule has 0 spiro atoms. The number of anilines is 1. The molecule has 0 saturated carbocycles. The number of nitrogens with two attached hydrogens (primary N) is 1. The quantitative estimate of drug-likeness (QED) is 0.925. The molecule has 0 bridgehead atoms. The minimum absolute atomic E-state index is 0.172. The summed E-state index contributed by atoms with van der Waals surface area (Å²) in [5.74, 6) is 0. The van der Waals surface area contributed by atoms with E-state index in [1.807, 2.05) is 42.5 Å². The Balaban J connectivity index is 1.72. The molecular weight excluding hydrogens is 322 g/mol. The third-order valence-corrected chi connectivity index (χ3v) is 5.07. The summed E-state index contributed by atoms with van der Waals surface area (Å²) in [7, 11) is 0. The predicted molar refractivity (Wildman–Crippen MR) is 102 cm³/mol. The highest BCUT2D eigenvalue weighted by molar-refractivity contribution is 5.57. The lowest BCUT2D eigenvalue weighted by molar-refractivity contribution is 0.168. The SMILES string of the molecule is Cc1cc(C#N)ccc1N1CCN(C(N)c2ccc(C#N)cc2)CC1C. The van der Waals surface area contributed by atoms with Gasteiger partial charge in [-0.25, -0.2) is 0 Å². The van der Waals surface area contributed by atoms with Crippen LogP contribution in [0.2, 0.25) is 0 Å². The minimum atomic E-state index is -0.172. The summed E-state index contributed by atoms with van der Waals surface area (Å²) in [5, 5.41) is 18.0. The van der Waals surface area contributed by atoms with Crippen molar-refractivity contribution in [3.8, 4) is 12.1 Å². The van der Waals surface area contributed by atoms with E-state index >= 15 is 0 Å². The van der Waals surface area contributed by atoms with Gasteiger partial charge in [0.1, 0.15) is 0 Å². The highest BCUT2D eigenvalue weighted by Gasteiger charge is 2.28. The van der Waals surface area contributed by atoms with Gasteiger partial charge in [0.05, 0.1) is 29.4 Å². The van der Waals surface area contributed by atoms with Gasteiger partial charge in [0.2, 0.25) is 0 Å². The van der Waals surface area contributed by atoms with E-state index < -0.39 is 0 Å². The van der Waals surface area contributed by atoms with E-state index in [2.05, 4.69) is 35.8 Å². The molecule has 1 saturated heterocycles. The third kappa shape index (κ3) is 3.55. The molecule has 26 heavy (non-hydrogen) atoms. The van der Waals surface area contributed by atoms with Gasteiger partial charge in [0, 0.05) is 31.4 Å². The lowest BCUT2D eigenvalue weighted by atomic mass is 10.0. The fourth-order valence-corrected chi connectivity index (χ4v) is 3.61. The fraction of sp³-hybridized carbons (Fsp3) is 0.333. The highest BCUT2D eigenvalue weighted by atomic mass is 15.3. The van der Waals surface area contributed by atoms with Gasteiger partial charge in [-0.05, 0) is 55.3 Å². The van der Waals surface area contributed by atoms with Crippen LogP contribution < -0.4 is 10.6 Å². The molecule has 5 heteroatoms. The molecule has 2 N–H and O–H groups in total. The van der Waals surface area contributed by atoms with Crippen molar-refractivity contribution in [3.63, 3.8) is 0 Å². The Bertz CT molecular complexity index is 859. The molecule has 1 aliphatic rings. The van der Waals surface area contributed by atoms with Crippen LogP contribution in [0.15, 0.2) is 42.5 Å². The van der Waals surface area contributed by atoms with Crippen LogP contribution in [-0.4, -0.2) is 30.6 Å². The molecular formula is C21H23N5. The van der Waals surface area contributed by atoms with Gasteiger partial charge in [0.15, 0.2) is 0 Å². The Morgan fingerprint density at radius 2 is 1.69 bits per heavy atom. The van der Waals surface area contributed by atoms with E-state index in [0.717, 1.165) is 30.8 Å². The second kappa shape index (κ2) is 7.58. The smallest absolute Gasteiger partial charge is 0.0991 e. The molecule has 0 aliphatic carbocycles. The molecule has 2 aromatic rings. The molecule has 0 aromatic heterocycles. The molecule has 1 aliphatic heterocycles. The van der Waals surface area contributed by atoms with E-state index in [-0.39, 0.29) is 6.17 Å². The van der Waals surface area contributed by atoms with Crippen molar-refractivity contribution in [3.05, 3.63) is 64.7 Å². The van der Waals surface area contributed by atoms with Gasteiger partial charge in [-0.1, -0.05) is 12.1 Å². The standard InChI is InChI=1S/C21H23N5/c1-15-11-18(13-23)5-8-20(15)26-10-9-25(14-16(26)2)21(24)19-6-3-17(12-22)4-7-19/h3-8,11,16,21H,9-10,14,24H2,1-2H3. The van der Waals surface area contributed by atoms with Gasteiger partial charge in [0.25, 0.3) is 0 Å². The van der Waals surface area contributed by atoms with Gasteiger partial charge in [-0.3, -0.25) is 4.90 Å². The number of benzene rings is 2. The number of piperazine rings is 1. The Morgan fingerprint density at radius 3 is 2.27 bits per heavy atom. The van der Waals surface area contributed by atoms with Crippen molar-refractivity contribution >= 4 is 5.69 Å². The minimum Gasteiger partial charge on any atom is -0.366 e. The fourth-order valence-electron chi connectivity index (χ4n) is 3.61. The Hall–Kier alpha value is -2.86. The summed E-state index contributed by atoms with van der Waals surface area (Å²) in [6, 6.07) is 18.0. The first-order valence-corrected chi connectivity index (χ1v) is 8.80. The van der Waals surface area contributed by atoms with Crippen molar-refractivity contribution in [2.24, 2.45) is 5.73 Å². The summed E-state index contributed by atoms with van der Waals surface area (Å²) in [4.78, 5) is 4.67. The van der Waals surface area contributed by atoms with Crippen LogP contribution in [0.1, 0.15) is 35.3 Å². The molecule has 5 nitrogen and oxygen atoms in total. The number of nitriles is 2. The first-order valence-electron chi connectivity index (χ1n) is 8.80. The van der Waals surface area contributed by atoms with E-state index in [1.165, 1.54) is 5.69 Å². The van der Waals surface area contributed by atoms with Crippen LogP contribution in [0.25, 0.3) is 0 Å². The van der Waals surface area contributed by atoms with Crippen LogP contribution in [-0.2, 0) is 0 Å². The van der Waals surface area contributed by atoms with Crippen molar-refractivity contribution in [1.29, 1.82) is 10.5 Å². The molecule has 0 radical (unpaired) electrons. The highest BCUT2D eigenvalue weighted by Crippen LogP contribution is 2.27. The zero-order chi connectivity index (χ0) is 18.7. The normalized spacial score (nSPS) is 18.8. The summed E-state index contributed by atoms with van der Waals surface area (Å²) in [6.45, 7) is 6.87. The topological polar surface area (TPSA) is 80.1 Å². The van der Waals surface area contributed by atoms with Gasteiger partial charge >= 0.3 is 0 Å². The molecule has 1 fully saturated rings. The van der Waals surface area contributed by atoms with E-state index in [9.17, 15) is 0 Å². The maximum atomic E-state index is 9.05. The first-order chi connectivity index (χ1) is 12.5.